The van der Waals surface area contributed by atoms with E-state index in [0.29, 0.717) is 49.2 Å². The molecule has 10 nitrogen and oxygen atoms in total. The molecular weight excluding hydrogens is 386 g/mol. The van der Waals surface area contributed by atoms with Gasteiger partial charge in [-0.1, -0.05) is 6.58 Å². The zero-order valence-corrected chi connectivity index (χ0v) is 16.6. The molecule has 1 amide bonds. The summed E-state index contributed by atoms with van der Waals surface area (Å²) in [6, 6.07) is 7.53. The van der Waals surface area contributed by atoms with E-state index in [1.807, 2.05) is 28.8 Å². The minimum absolute atomic E-state index is 0.0817. The molecule has 0 spiro atoms. The van der Waals surface area contributed by atoms with Crippen LogP contribution in [0.25, 0.3) is 11.2 Å². The smallest absolute Gasteiger partial charge is 0.246 e. The minimum atomic E-state index is -0.0817. The zero-order valence-electron chi connectivity index (χ0n) is 16.6. The maximum absolute atomic E-state index is 11.7. The van der Waals surface area contributed by atoms with Crippen LogP contribution in [0.15, 0.2) is 43.2 Å². The van der Waals surface area contributed by atoms with Gasteiger partial charge in [0.15, 0.2) is 11.5 Å². The first-order valence-electron chi connectivity index (χ1n) is 9.49. The molecule has 2 aromatic heterocycles. The van der Waals surface area contributed by atoms with Crippen LogP contribution in [-0.4, -0.2) is 63.7 Å². The van der Waals surface area contributed by atoms with Crippen molar-refractivity contribution in [2.45, 2.75) is 6.04 Å². The van der Waals surface area contributed by atoms with Crippen molar-refractivity contribution in [3.05, 3.63) is 43.2 Å². The van der Waals surface area contributed by atoms with Crippen LogP contribution in [-0.2, 0) is 9.53 Å². The lowest BCUT2D eigenvalue weighted by Crippen LogP contribution is -2.50. The number of benzene rings is 1. The Kier molecular flexibility index (Phi) is 5.48. The highest BCUT2D eigenvalue weighted by atomic mass is 16.5. The van der Waals surface area contributed by atoms with Crippen molar-refractivity contribution in [2.24, 2.45) is 0 Å². The van der Waals surface area contributed by atoms with Crippen molar-refractivity contribution >= 4 is 34.5 Å². The first kappa shape index (κ1) is 19.6. The van der Waals surface area contributed by atoms with E-state index in [1.165, 1.54) is 6.08 Å². The number of methoxy groups -OCH3 is 1. The minimum Gasteiger partial charge on any atom is -0.491 e. The summed E-state index contributed by atoms with van der Waals surface area (Å²) in [4.78, 5) is 26.6. The van der Waals surface area contributed by atoms with Gasteiger partial charge in [-0.05, 0) is 30.3 Å². The molecule has 3 aromatic rings. The second kappa shape index (κ2) is 8.37. The highest BCUT2D eigenvalue weighted by molar-refractivity contribution is 5.88. The molecule has 4 rings (SSSR count). The molecule has 10 heteroatoms. The van der Waals surface area contributed by atoms with Crippen molar-refractivity contribution < 1.29 is 14.3 Å². The van der Waals surface area contributed by atoms with Crippen molar-refractivity contribution in [3.8, 4) is 5.75 Å². The normalized spacial score (nSPS) is 13.8. The number of hydrogen-bond donors (Lipinski definition) is 2. The number of nitrogen functional groups attached to an aromatic ring is 1. The molecule has 1 aliphatic rings. The molecule has 1 aliphatic heterocycles. The van der Waals surface area contributed by atoms with Crippen LogP contribution in [0.5, 0.6) is 5.75 Å². The van der Waals surface area contributed by atoms with Gasteiger partial charge in [0.1, 0.15) is 17.9 Å². The lowest BCUT2D eigenvalue weighted by molar-refractivity contribution is -0.131. The number of carbonyl (C=O) groups excluding carboxylic acids is 1. The van der Waals surface area contributed by atoms with Crippen LogP contribution in [0.2, 0.25) is 0 Å². The summed E-state index contributed by atoms with van der Waals surface area (Å²) in [5.41, 5.74) is 8.06. The second-order valence-corrected chi connectivity index (χ2v) is 6.85. The van der Waals surface area contributed by atoms with Crippen LogP contribution >= 0.6 is 0 Å². The number of anilines is 3. The number of aromatic nitrogens is 4. The van der Waals surface area contributed by atoms with Crippen LogP contribution in [0, 0.1) is 0 Å². The molecule has 0 atom stereocenters. The third-order valence-electron chi connectivity index (χ3n) is 4.86. The van der Waals surface area contributed by atoms with Gasteiger partial charge in [-0.2, -0.15) is 9.97 Å². The number of hydrogen-bond acceptors (Lipinski definition) is 8. The number of nitrogens with one attached hydrogen (secondary N) is 1. The number of imidazole rings is 1. The van der Waals surface area contributed by atoms with Crippen molar-refractivity contribution in [1.82, 2.24) is 24.4 Å². The summed E-state index contributed by atoms with van der Waals surface area (Å²) in [6.07, 6.45) is 3.00. The molecule has 156 valence electrons. The molecular formula is C20H23N7O3. The molecule has 0 aliphatic carbocycles. The number of nitrogens with zero attached hydrogens (tertiary/aromatic N) is 5. The van der Waals surface area contributed by atoms with Gasteiger partial charge in [0.25, 0.3) is 0 Å². The van der Waals surface area contributed by atoms with Gasteiger partial charge in [0.2, 0.25) is 11.9 Å². The third kappa shape index (κ3) is 3.90. The Labute approximate surface area is 173 Å². The van der Waals surface area contributed by atoms with Crippen molar-refractivity contribution in [2.75, 3.05) is 44.5 Å². The summed E-state index contributed by atoms with van der Waals surface area (Å²) in [7, 11) is 1.63. The van der Waals surface area contributed by atoms with Crippen LogP contribution in [0.3, 0.4) is 0 Å². The fraction of sp³-hybridized carbons (Fsp3) is 0.300. The van der Waals surface area contributed by atoms with E-state index in [1.54, 1.807) is 18.3 Å². The largest absolute Gasteiger partial charge is 0.491 e. The fourth-order valence-corrected chi connectivity index (χ4v) is 3.21. The van der Waals surface area contributed by atoms with E-state index in [4.69, 9.17) is 15.2 Å². The van der Waals surface area contributed by atoms with Crippen molar-refractivity contribution in [3.63, 3.8) is 0 Å². The fourth-order valence-electron chi connectivity index (χ4n) is 3.21. The van der Waals surface area contributed by atoms with Gasteiger partial charge in [-0.15, -0.1) is 0 Å². The Hall–Kier alpha value is -3.66. The zero-order chi connectivity index (χ0) is 21.1. The van der Waals surface area contributed by atoms with Gasteiger partial charge in [0.05, 0.1) is 19.0 Å². The predicted molar refractivity (Wildman–Crippen MR) is 113 cm³/mol. The number of carbonyl (C=O) groups is 1. The molecule has 0 bridgehead atoms. The van der Waals surface area contributed by atoms with Gasteiger partial charge >= 0.3 is 0 Å². The molecule has 1 fully saturated rings. The SMILES string of the molecule is C=CC(=O)N1CC(n2cnc3c(N)nc(Nc4ccc(OCCOC)cc4)nc32)C1. The van der Waals surface area contributed by atoms with Gasteiger partial charge in [-0.3, -0.25) is 4.79 Å². The van der Waals surface area contributed by atoms with Crippen LogP contribution < -0.4 is 15.8 Å². The molecule has 1 aromatic carbocycles. The van der Waals surface area contributed by atoms with E-state index in [-0.39, 0.29) is 11.9 Å². The average molecular weight is 409 g/mol. The molecule has 3 heterocycles. The Morgan fingerprint density at radius 3 is 2.77 bits per heavy atom. The Balaban J connectivity index is 1.50. The molecule has 0 saturated carbocycles. The average Bonchev–Trinajstić information content (AvgIpc) is 3.12. The predicted octanol–water partition coefficient (Wildman–Crippen LogP) is 1.75. The van der Waals surface area contributed by atoms with E-state index in [9.17, 15) is 4.79 Å². The van der Waals surface area contributed by atoms with Gasteiger partial charge < -0.3 is 30.0 Å². The van der Waals surface area contributed by atoms with Gasteiger partial charge in [0, 0.05) is 25.9 Å². The summed E-state index contributed by atoms with van der Waals surface area (Å²) in [5, 5.41) is 3.16. The maximum atomic E-state index is 11.7. The number of ether oxygens (including phenoxy) is 2. The topological polar surface area (TPSA) is 120 Å². The standard InChI is InChI=1S/C20H23N7O3/c1-3-16(28)26-10-14(11-26)27-12-22-17-18(21)24-20(25-19(17)27)23-13-4-6-15(7-5-13)30-9-8-29-2/h3-7,12,14H,1,8-11H2,2H3,(H3,21,23,24,25). The number of nitrogens with two attached hydrogens (primary N) is 1. The molecule has 30 heavy (non-hydrogen) atoms. The van der Waals surface area contributed by atoms with E-state index in [2.05, 4.69) is 26.8 Å². The highest BCUT2D eigenvalue weighted by Crippen LogP contribution is 2.28. The monoisotopic (exact) mass is 409 g/mol. The lowest BCUT2D eigenvalue weighted by Gasteiger charge is -2.39. The summed E-state index contributed by atoms with van der Waals surface area (Å²) in [5.74, 6) is 1.32. The van der Waals surface area contributed by atoms with Crippen molar-refractivity contribution in [1.29, 1.82) is 0 Å². The molecule has 1 saturated heterocycles. The first-order chi connectivity index (χ1) is 14.6. The summed E-state index contributed by atoms with van der Waals surface area (Å²) in [6.45, 7) is 5.69. The molecule has 0 radical (unpaired) electrons. The lowest BCUT2D eigenvalue weighted by atomic mass is 10.1. The second-order valence-electron chi connectivity index (χ2n) is 6.85. The van der Waals surface area contributed by atoms with Crippen LogP contribution in [0.1, 0.15) is 6.04 Å². The molecule has 0 unspecified atom stereocenters. The third-order valence-corrected chi connectivity index (χ3v) is 4.86. The highest BCUT2D eigenvalue weighted by Gasteiger charge is 2.32. The number of likely N-dealkylation sites (tertiary alicyclic amines) is 1. The number of rotatable bonds is 8. The first-order valence-corrected chi connectivity index (χ1v) is 9.49. The van der Waals surface area contributed by atoms with Gasteiger partial charge in [-0.25, -0.2) is 4.98 Å². The van der Waals surface area contributed by atoms with E-state index in [0.717, 1.165) is 11.4 Å². The summed E-state index contributed by atoms with van der Waals surface area (Å²) < 4.78 is 12.5. The van der Waals surface area contributed by atoms with E-state index < -0.39 is 0 Å². The van der Waals surface area contributed by atoms with Crippen LogP contribution in [0.4, 0.5) is 17.5 Å². The molecule has 3 N–H and O–H groups in total. The number of amides is 1. The van der Waals surface area contributed by atoms with E-state index >= 15 is 0 Å². The Morgan fingerprint density at radius 1 is 1.30 bits per heavy atom. The number of fused-ring (bicyclic) bond motifs is 1. The Bertz CT molecular complexity index is 1060. The maximum Gasteiger partial charge on any atom is 0.246 e. The quantitative estimate of drug-likeness (QED) is 0.426. The Morgan fingerprint density at radius 2 is 2.07 bits per heavy atom. The summed E-state index contributed by atoms with van der Waals surface area (Å²) >= 11 is 0.